The monoisotopic (exact) mass is 194 g/mol. The van der Waals surface area contributed by atoms with Crippen LogP contribution in [0.25, 0.3) is 0 Å². The van der Waals surface area contributed by atoms with Crippen molar-refractivity contribution in [3.05, 3.63) is 0 Å². The van der Waals surface area contributed by atoms with Crippen LogP contribution in [0.1, 0.15) is 32.1 Å². The van der Waals surface area contributed by atoms with Crippen molar-refractivity contribution >= 4 is 5.91 Å². The molecule has 0 bridgehead atoms. The lowest BCUT2D eigenvalue weighted by Gasteiger charge is -2.34. The van der Waals surface area contributed by atoms with E-state index in [2.05, 4.69) is 11.4 Å². The average molecular weight is 194 g/mol. The van der Waals surface area contributed by atoms with Crippen molar-refractivity contribution in [1.82, 2.24) is 5.32 Å². The van der Waals surface area contributed by atoms with Crippen LogP contribution < -0.4 is 5.32 Å². The third-order valence-corrected chi connectivity index (χ3v) is 3.39. The number of nitriles is 1. The van der Waals surface area contributed by atoms with E-state index in [1.165, 1.54) is 0 Å². The van der Waals surface area contributed by atoms with Crippen LogP contribution in [0.2, 0.25) is 0 Å². The number of aliphatic hydroxyl groups is 1. The Bertz CT molecular complexity index is 298. The Morgan fingerprint density at radius 3 is 2.36 bits per heavy atom. The second-order valence-corrected chi connectivity index (χ2v) is 4.44. The molecule has 4 heteroatoms. The molecule has 0 aromatic rings. The van der Waals surface area contributed by atoms with Crippen LogP contribution in [0.3, 0.4) is 0 Å². The van der Waals surface area contributed by atoms with E-state index in [4.69, 9.17) is 10.4 Å². The SMILES string of the molecule is N#CC1(C(=O)NC2(CO)CC2)CCC1. The summed E-state index contributed by atoms with van der Waals surface area (Å²) in [5, 5.41) is 20.8. The summed E-state index contributed by atoms with van der Waals surface area (Å²) in [6, 6.07) is 2.10. The van der Waals surface area contributed by atoms with E-state index < -0.39 is 11.0 Å². The van der Waals surface area contributed by atoms with Crippen LogP contribution in [0.5, 0.6) is 0 Å². The quantitative estimate of drug-likeness (QED) is 0.679. The zero-order valence-electron chi connectivity index (χ0n) is 8.05. The molecule has 0 unspecified atom stereocenters. The maximum absolute atomic E-state index is 11.7. The summed E-state index contributed by atoms with van der Waals surface area (Å²) in [4.78, 5) is 11.7. The molecule has 2 N–H and O–H groups in total. The van der Waals surface area contributed by atoms with Gasteiger partial charge < -0.3 is 10.4 Å². The molecule has 2 fully saturated rings. The number of hydrogen-bond acceptors (Lipinski definition) is 3. The van der Waals surface area contributed by atoms with Gasteiger partial charge in [0.05, 0.1) is 18.2 Å². The minimum Gasteiger partial charge on any atom is -0.394 e. The zero-order chi connectivity index (χ0) is 10.2. The number of amides is 1. The molecule has 76 valence electrons. The topological polar surface area (TPSA) is 73.1 Å². The summed E-state index contributed by atoms with van der Waals surface area (Å²) in [6.07, 6.45) is 3.94. The molecule has 2 saturated carbocycles. The molecule has 0 radical (unpaired) electrons. The smallest absolute Gasteiger partial charge is 0.240 e. The van der Waals surface area contributed by atoms with E-state index in [-0.39, 0.29) is 12.5 Å². The fraction of sp³-hybridized carbons (Fsp3) is 0.800. The third-order valence-electron chi connectivity index (χ3n) is 3.39. The summed E-state index contributed by atoms with van der Waals surface area (Å²) >= 11 is 0. The second kappa shape index (κ2) is 2.96. The Kier molecular flexibility index (Phi) is 2.00. The first kappa shape index (κ1) is 9.47. The van der Waals surface area contributed by atoms with Gasteiger partial charge in [0.15, 0.2) is 0 Å². The van der Waals surface area contributed by atoms with E-state index in [9.17, 15) is 4.79 Å². The highest BCUT2D eigenvalue weighted by Crippen LogP contribution is 2.43. The van der Waals surface area contributed by atoms with Gasteiger partial charge in [-0.2, -0.15) is 5.26 Å². The maximum atomic E-state index is 11.7. The summed E-state index contributed by atoms with van der Waals surface area (Å²) in [6.45, 7) is -0.0136. The fourth-order valence-electron chi connectivity index (χ4n) is 1.75. The van der Waals surface area contributed by atoms with Crippen molar-refractivity contribution in [1.29, 1.82) is 5.26 Å². The normalized spacial score (nSPS) is 25.7. The molecule has 2 aliphatic carbocycles. The third kappa shape index (κ3) is 1.28. The van der Waals surface area contributed by atoms with Crippen LogP contribution >= 0.6 is 0 Å². The van der Waals surface area contributed by atoms with Crippen LogP contribution in [0.15, 0.2) is 0 Å². The first-order valence-electron chi connectivity index (χ1n) is 5.01. The zero-order valence-corrected chi connectivity index (χ0v) is 8.05. The maximum Gasteiger partial charge on any atom is 0.240 e. The predicted molar refractivity (Wildman–Crippen MR) is 49.1 cm³/mol. The second-order valence-electron chi connectivity index (χ2n) is 4.44. The lowest BCUT2D eigenvalue weighted by Crippen LogP contribution is -2.50. The summed E-state index contributed by atoms with van der Waals surface area (Å²) < 4.78 is 0. The first-order valence-corrected chi connectivity index (χ1v) is 5.01. The molecule has 0 aliphatic heterocycles. The molecule has 0 aromatic heterocycles. The fourth-order valence-corrected chi connectivity index (χ4v) is 1.75. The van der Waals surface area contributed by atoms with Crippen molar-refractivity contribution < 1.29 is 9.90 Å². The van der Waals surface area contributed by atoms with Crippen molar-refractivity contribution in [3.63, 3.8) is 0 Å². The number of nitrogens with one attached hydrogen (secondary N) is 1. The van der Waals surface area contributed by atoms with Crippen molar-refractivity contribution in [3.8, 4) is 6.07 Å². The highest BCUT2D eigenvalue weighted by atomic mass is 16.3. The van der Waals surface area contributed by atoms with Crippen LogP contribution in [-0.4, -0.2) is 23.2 Å². The molecule has 2 aliphatic rings. The van der Waals surface area contributed by atoms with Gasteiger partial charge in [0, 0.05) is 0 Å². The molecule has 14 heavy (non-hydrogen) atoms. The van der Waals surface area contributed by atoms with Gasteiger partial charge in [0.25, 0.3) is 0 Å². The van der Waals surface area contributed by atoms with Crippen molar-refractivity contribution in [2.75, 3.05) is 6.61 Å². The molecule has 1 amide bonds. The molecule has 2 rings (SSSR count). The predicted octanol–water partition coefficient (Wildman–Crippen LogP) is 0.321. The highest BCUT2D eigenvalue weighted by Gasteiger charge is 2.50. The molecular weight excluding hydrogens is 180 g/mol. The lowest BCUT2D eigenvalue weighted by molar-refractivity contribution is -0.133. The highest BCUT2D eigenvalue weighted by molar-refractivity contribution is 5.87. The van der Waals surface area contributed by atoms with E-state index in [1.54, 1.807) is 0 Å². The van der Waals surface area contributed by atoms with E-state index >= 15 is 0 Å². The van der Waals surface area contributed by atoms with E-state index in [0.29, 0.717) is 12.8 Å². The van der Waals surface area contributed by atoms with Crippen molar-refractivity contribution in [2.24, 2.45) is 5.41 Å². The minimum atomic E-state index is -0.787. The van der Waals surface area contributed by atoms with Crippen molar-refractivity contribution in [2.45, 2.75) is 37.6 Å². The number of hydrogen-bond donors (Lipinski definition) is 2. The lowest BCUT2D eigenvalue weighted by atomic mass is 9.69. The molecule has 0 atom stereocenters. The molecule has 0 heterocycles. The number of carbonyl (C=O) groups is 1. The van der Waals surface area contributed by atoms with E-state index in [1.807, 2.05) is 0 Å². The molecule has 4 nitrogen and oxygen atoms in total. The number of rotatable bonds is 3. The van der Waals surface area contributed by atoms with Gasteiger partial charge in [-0.25, -0.2) is 0 Å². The van der Waals surface area contributed by atoms with Gasteiger partial charge in [0.1, 0.15) is 5.41 Å². The van der Waals surface area contributed by atoms with Gasteiger partial charge in [-0.3, -0.25) is 4.79 Å². The molecule has 0 aromatic carbocycles. The Morgan fingerprint density at radius 2 is 2.07 bits per heavy atom. The van der Waals surface area contributed by atoms with Gasteiger partial charge in [0.2, 0.25) is 5.91 Å². The Labute approximate surface area is 82.9 Å². The minimum absolute atomic E-state index is 0.0136. The summed E-state index contributed by atoms with van der Waals surface area (Å²) in [5.74, 6) is -0.183. The van der Waals surface area contributed by atoms with Gasteiger partial charge in [-0.1, -0.05) is 0 Å². The average Bonchev–Trinajstić information content (AvgIpc) is 2.84. The summed E-state index contributed by atoms with van der Waals surface area (Å²) in [7, 11) is 0. The van der Waals surface area contributed by atoms with Crippen LogP contribution in [-0.2, 0) is 4.79 Å². The van der Waals surface area contributed by atoms with Crippen LogP contribution in [0, 0.1) is 16.7 Å². The number of nitrogens with zero attached hydrogens (tertiary/aromatic N) is 1. The summed E-state index contributed by atoms with van der Waals surface area (Å²) in [5.41, 5.74) is -1.18. The van der Waals surface area contributed by atoms with E-state index in [0.717, 1.165) is 19.3 Å². The standard InChI is InChI=1S/C10H14N2O2/c11-6-9(2-1-3-9)8(14)12-10(7-13)4-5-10/h13H,1-5,7H2,(H,12,14). The molecule has 0 spiro atoms. The number of aliphatic hydroxyl groups excluding tert-OH is 1. The molecule has 0 saturated heterocycles. The van der Waals surface area contributed by atoms with Gasteiger partial charge in [-0.15, -0.1) is 0 Å². The Morgan fingerprint density at radius 1 is 1.43 bits per heavy atom. The largest absolute Gasteiger partial charge is 0.394 e. The van der Waals surface area contributed by atoms with Gasteiger partial charge >= 0.3 is 0 Å². The Balaban J connectivity index is 1.99. The Hall–Kier alpha value is -1.08. The molecular formula is C10H14N2O2. The van der Waals surface area contributed by atoms with Gasteiger partial charge in [-0.05, 0) is 32.1 Å². The van der Waals surface area contributed by atoms with Crippen LogP contribution in [0.4, 0.5) is 0 Å². The number of carbonyl (C=O) groups excluding carboxylic acids is 1. The first-order chi connectivity index (χ1) is 6.66.